The quantitative estimate of drug-likeness (QED) is 0.0620. The van der Waals surface area contributed by atoms with Gasteiger partial charge in [0.25, 0.3) is 0 Å². The van der Waals surface area contributed by atoms with Gasteiger partial charge < -0.3 is 19.7 Å². The van der Waals surface area contributed by atoms with Gasteiger partial charge >= 0.3 is 0 Å². The van der Waals surface area contributed by atoms with Gasteiger partial charge in [0.1, 0.15) is 18.1 Å². The minimum absolute atomic E-state index is 0.143. The molecule has 0 bridgehead atoms. The van der Waals surface area contributed by atoms with Gasteiger partial charge in [-0.2, -0.15) is 0 Å². The highest BCUT2D eigenvalue weighted by Crippen LogP contribution is 2.30. The summed E-state index contributed by atoms with van der Waals surface area (Å²) in [6, 6.07) is 63.0. The van der Waals surface area contributed by atoms with Gasteiger partial charge in [-0.15, -0.1) is 0 Å². The highest BCUT2D eigenvalue weighted by molar-refractivity contribution is 5.97. The smallest absolute Gasteiger partial charge is 0.188 e. The van der Waals surface area contributed by atoms with Crippen LogP contribution in [-0.2, 0) is 18.4 Å². The molecule has 0 aliphatic carbocycles. The van der Waals surface area contributed by atoms with E-state index < -0.39 is 6.61 Å². The van der Waals surface area contributed by atoms with Crippen molar-refractivity contribution < 1.29 is 29.3 Å². The summed E-state index contributed by atoms with van der Waals surface area (Å²) in [5, 5.41) is 17.6. The molecule has 2 N–H and O–H groups in total. The van der Waals surface area contributed by atoms with E-state index in [9.17, 15) is 9.59 Å². The van der Waals surface area contributed by atoms with Crippen molar-refractivity contribution >= 4 is 11.6 Å². The van der Waals surface area contributed by atoms with Crippen molar-refractivity contribution in [1.29, 1.82) is 0 Å². The van der Waals surface area contributed by atoms with Crippen molar-refractivity contribution in [3.8, 4) is 11.5 Å². The lowest BCUT2D eigenvalue weighted by Gasteiger charge is -2.21. The van der Waals surface area contributed by atoms with E-state index in [1.54, 1.807) is 27.2 Å². The van der Waals surface area contributed by atoms with Crippen LogP contribution in [0.2, 0.25) is 0 Å². The van der Waals surface area contributed by atoms with Crippen molar-refractivity contribution in [1.82, 2.24) is 0 Å². The molecule has 8 aromatic rings. The first-order valence-corrected chi connectivity index (χ1v) is 46.5. The van der Waals surface area contributed by atoms with Crippen molar-refractivity contribution in [2.24, 2.45) is 0 Å². The third-order valence-electron chi connectivity index (χ3n) is 20.4. The summed E-state index contributed by atoms with van der Waals surface area (Å²) >= 11 is 0. The van der Waals surface area contributed by atoms with Crippen molar-refractivity contribution in [3.05, 3.63) is 271 Å². The number of hydrogen-bond acceptors (Lipinski definition) is 6. The van der Waals surface area contributed by atoms with E-state index >= 15 is 0 Å². The number of methoxy groups -OCH3 is 2. The fourth-order valence-corrected chi connectivity index (χ4v) is 10.7. The van der Waals surface area contributed by atoms with E-state index in [4.69, 9.17) is 19.7 Å². The monoisotopic (exact) mass is 1630 g/mol. The molecule has 0 aliphatic rings. The van der Waals surface area contributed by atoms with Crippen LogP contribution < -0.4 is 9.47 Å². The van der Waals surface area contributed by atoms with Crippen molar-refractivity contribution in [3.63, 3.8) is 0 Å². The predicted molar refractivity (Wildman–Crippen MR) is 535 cm³/mol. The second kappa shape index (κ2) is 82.0. The van der Waals surface area contributed by atoms with E-state index in [2.05, 4.69) is 275 Å². The number of ketones is 2. The van der Waals surface area contributed by atoms with Gasteiger partial charge in [0.2, 0.25) is 0 Å². The first-order valence-electron chi connectivity index (χ1n) is 46.5. The molecule has 118 heavy (non-hydrogen) atoms. The van der Waals surface area contributed by atoms with Gasteiger partial charge in [-0.1, -0.05) is 401 Å². The van der Waals surface area contributed by atoms with Crippen LogP contribution in [0.1, 0.15) is 453 Å². The molecular formula is C112H188O6. The molecule has 0 radical (unpaired) electrons. The van der Waals surface area contributed by atoms with Crippen molar-refractivity contribution in [2.75, 3.05) is 20.8 Å². The average Bonchev–Trinajstić information content (AvgIpc) is 0.868. The zero-order valence-corrected chi connectivity index (χ0v) is 84.7. The van der Waals surface area contributed by atoms with Gasteiger partial charge in [0.15, 0.2) is 11.6 Å². The fraction of sp³-hybridized carbons (Fsp3) is 0.554. The Bertz CT molecular complexity index is 3520. The Morgan fingerprint density at radius 2 is 0.619 bits per heavy atom. The zero-order chi connectivity index (χ0) is 93.1. The van der Waals surface area contributed by atoms with Crippen LogP contribution in [0, 0.1) is 20.8 Å². The summed E-state index contributed by atoms with van der Waals surface area (Å²) in [6.07, 6.45) is 10.5. The molecule has 0 aromatic heterocycles. The van der Waals surface area contributed by atoms with E-state index in [0.29, 0.717) is 52.9 Å². The molecule has 8 atom stereocenters. The van der Waals surface area contributed by atoms with Crippen molar-refractivity contribution in [2.45, 2.75) is 394 Å². The molecule has 0 heterocycles. The molecule has 6 nitrogen and oxygen atoms in total. The maximum atomic E-state index is 11.2. The summed E-state index contributed by atoms with van der Waals surface area (Å²) in [7, 11) is 3.41. The van der Waals surface area contributed by atoms with E-state index in [1.807, 2.05) is 171 Å². The molecule has 8 aromatic carbocycles. The molecule has 8 unspecified atom stereocenters. The molecule has 0 amide bonds. The number of rotatable bonds is 23. The van der Waals surface area contributed by atoms with Gasteiger partial charge in [-0.3, -0.25) is 9.59 Å². The van der Waals surface area contributed by atoms with Crippen LogP contribution in [0.4, 0.5) is 0 Å². The second-order valence-electron chi connectivity index (χ2n) is 29.1. The van der Waals surface area contributed by atoms with Crippen LogP contribution in [0.3, 0.4) is 0 Å². The Morgan fingerprint density at radius 3 is 0.941 bits per heavy atom. The Labute approximate surface area is 733 Å². The number of ether oxygens (including phenoxy) is 2. The first-order chi connectivity index (χ1) is 56.4. The molecule has 6 heteroatoms. The number of carbonyl (C=O) groups excluding carboxylic acids is 2. The average molecular weight is 1630 g/mol. The highest BCUT2D eigenvalue weighted by atomic mass is 16.5. The Kier molecular flexibility index (Phi) is 87.7. The van der Waals surface area contributed by atoms with Crippen LogP contribution in [0.15, 0.2) is 182 Å². The van der Waals surface area contributed by atoms with Crippen LogP contribution in [-0.4, -0.2) is 42.6 Å². The summed E-state index contributed by atoms with van der Waals surface area (Å²) < 4.78 is 10.3. The molecule has 0 aliphatic heterocycles. The molecule has 0 fully saturated rings. The third kappa shape index (κ3) is 55.5. The van der Waals surface area contributed by atoms with E-state index in [-0.39, 0.29) is 23.6 Å². The maximum absolute atomic E-state index is 11.2. The lowest BCUT2D eigenvalue weighted by molar-refractivity contribution is 0.0903. The number of hydrogen-bond donors (Lipinski definition) is 2. The molecule has 0 saturated carbocycles. The van der Waals surface area contributed by atoms with Crippen LogP contribution in [0.5, 0.6) is 11.5 Å². The summed E-state index contributed by atoms with van der Waals surface area (Å²) in [4.78, 5) is 22.3. The third-order valence-corrected chi connectivity index (χ3v) is 20.4. The highest BCUT2D eigenvalue weighted by Gasteiger charge is 2.16. The molecule has 0 spiro atoms. The number of aliphatic hydroxyl groups excluding tert-OH is 2. The zero-order valence-electron chi connectivity index (χ0n) is 84.7. The number of aryl methyl sites for hydroxylation is 4. The Morgan fingerprint density at radius 1 is 0.322 bits per heavy atom. The number of benzene rings is 8. The van der Waals surface area contributed by atoms with Crippen LogP contribution >= 0.6 is 0 Å². The molecular weight excluding hydrogens is 1440 g/mol. The first kappa shape index (κ1) is 126. The normalized spacial score (nSPS) is 11.6. The lowest BCUT2D eigenvalue weighted by Crippen LogP contribution is -2.11. The maximum Gasteiger partial charge on any atom is 0.188 e. The van der Waals surface area contributed by atoms with Crippen LogP contribution in [0.25, 0.3) is 0 Å². The SMILES string of the molecule is CC.CC.CC.CC.CC.CC.CC.CC.CCC(C)c1ccc(C)c(C)c1.CCC(C)c1ccc(OC)c(C)c1.CCC(C)c1ccc(OC)cc1.CCC(C)c1cccc(C(=O)CO)c1.CCC(C)c1cccc(C(C)(C)C)c1.CCC(C)c1cccc(C(C)=O)c1.CCC(C)c1cccc(CO)c1.CCc1cccc(C(C)CC)c1. The minimum atomic E-state index is -0.413. The number of carbonyl (C=O) groups is 2. The largest absolute Gasteiger partial charge is 0.497 e. The number of aliphatic hydroxyl groups is 2. The van der Waals surface area contributed by atoms with Gasteiger partial charge in [-0.05, 0) is 246 Å². The number of Topliss-reactive ketones (excluding diaryl/α,β-unsaturated/α-hetero) is 2. The molecule has 0 saturated heterocycles. The lowest BCUT2D eigenvalue weighted by atomic mass is 9.84. The Hall–Kier alpha value is -7.38. The topological polar surface area (TPSA) is 93.1 Å². The predicted octanol–water partition coefficient (Wildman–Crippen LogP) is 35.5. The summed E-state index contributed by atoms with van der Waals surface area (Å²) in [5.74, 6) is 6.81. The minimum Gasteiger partial charge on any atom is -0.497 e. The van der Waals surface area contributed by atoms with Gasteiger partial charge in [0, 0.05) is 11.1 Å². The Balaban J connectivity index is -0.000000190. The summed E-state index contributed by atoms with van der Waals surface area (Å²) in [6.45, 7) is 84.2. The molecule has 8 rings (SSSR count). The second-order valence-corrected chi connectivity index (χ2v) is 29.1. The van der Waals surface area contributed by atoms with E-state index in [0.717, 1.165) is 53.9 Å². The van der Waals surface area contributed by atoms with Gasteiger partial charge in [-0.25, -0.2) is 0 Å². The standard InChI is InChI=1S/C14H22.C12H16O2.C12H18O.C12H16O.2C12H18.2C11H16O.8C2H6/c1-6-11(2)12-8-7-9-13(10-12)14(3,4)5;1-3-9(2)10-5-4-6-11(7-10)12(14)8-13;1-5-9(2)11-6-7-12(13-4)10(3)8-11;1-4-9(2)11-6-5-7-12(8-11)10(3)13;1-5-9(2)12-7-6-10(3)11(4)8-12;1-4-10(3)12-8-6-7-11(5-2)9-12;1-4-9(2)10-5-7-11(12-3)8-6-10;1-3-9(2)11-6-4-5-10(7-11)8-12;8*1-2/h7-11H,6H2,1-5H3;4-7,9,13H,3,8H2,1-2H3;6-9H,5H2,1-4H3;5-9H,4H2,1-3H3;6-9H,5H2,1-4H3;6-10H,4-5H2,1-3H3;5-9H,4H2,1-3H3;4-7,9,12H,3,8H2,1-2H3;8*1-2H3. The van der Waals surface area contributed by atoms with E-state index in [1.165, 1.54) is 98.9 Å². The summed E-state index contributed by atoms with van der Waals surface area (Å²) in [5.41, 5.74) is 20.6. The van der Waals surface area contributed by atoms with Gasteiger partial charge in [0.05, 0.1) is 20.8 Å². The fourth-order valence-electron chi connectivity index (χ4n) is 10.7. The molecule has 672 valence electrons.